The number of amides is 3. The van der Waals surface area contributed by atoms with Gasteiger partial charge in [0.15, 0.2) is 0 Å². The number of halogens is 3. The smallest absolute Gasteiger partial charge is 0.438 e. The minimum Gasteiger partial charge on any atom is -0.497 e. The largest absolute Gasteiger partial charge is 0.497 e. The van der Waals surface area contributed by atoms with Crippen LogP contribution < -0.4 is 26.5 Å². The van der Waals surface area contributed by atoms with E-state index in [9.17, 15) is 32.3 Å². The van der Waals surface area contributed by atoms with E-state index in [1.807, 2.05) is 13.0 Å². The van der Waals surface area contributed by atoms with E-state index < -0.39 is 35.6 Å². The molecule has 2 unspecified atom stereocenters. The molecular formula is C35H49F3N7O7SY-. The topological polar surface area (TPSA) is 201 Å². The van der Waals surface area contributed by atoms with Crippen molar-refractivity contribution in [1.82, 2.24) is 31.1 Å². The molecule has 297 valence electrons. The molecule has 2 aliphatic heterocycles. The number of H-pyrrole nitrogens is 1. The Morgan fingerprint density at radius 3 is 2.48 bits per heavy atom. The zero-order valence-electron chi connectivity index (χ0n) is 30.8. The summed E-state index contributed by atoms with van der Waals surface area (Å²) < 4.78 is 45.2. The van der Waals surface area contributed by atoms with Crippen molar-refractivity contribution in [3.8, 4) is 5.75 Å². The van der Waals surface area contributed by atoms with Gasteiger partial charge in [-0.25, -0.2) is 4.98 Å². The monoisotopic (exact) mass is 857 g/mol. The second-order valence-electron chi connectivity index (χ2n) is 13.9. The molecule has 4 atom stereocenters. The minimum atomic E-state index is -4.76. The Morgan fingerprint density at radius 1 is 1.07 bits per heavy atom. The fourth-order valence-electron chi connectivity index (χ4n) is 5.80. The molecule has 1 radical (unpaired) electrons. The van der Waals surface area contributed by atoms with Crippen LogP contribution in [0.5, 0.6) is 5.75 Å². The molecule has 3 heterocycles. The summed E-state index contributed by atoms with van der Waals surface area (Å²) in [7, 11) is 1.41. The van der Waals surface area contributed by atoms with Gasteiger partial charge in [0.2, 0.25) is 11.6 Å². The van der Waals surface area contributed by atoms with Crippen molar-refractivity contribution >= 4 is 40.7 Å². The van der Waals surface area contributed by atoms with Crippen LogP contribution in [0.25, 0.3) is 16.7 Å². The number of methoxy groups -OCH3 is 1. The molecule has 14 nitrogen and oxygen atoms in total. The first-order chi connectivity index (χ1) is 24.8. The number of aromatic amines is 1. The molecule has 1 aromatic carbocycles. The number of allylic oxidation sites excluding steroid dienone is 1. The Balaban J connectivity index is 0.000000348. The first kappa shape index (κ1) is 45.8. The first-order valence-electron chi connectivity index (χ1n) is 17.7. The number of benzene rings is 1. The second-order valence-corrected chi connectivity index (χ2v) is 15.3. The fraction of sp³-hybridized carbons (Fsp3) is 0.629. The summed E-state index contributed by atoms with van der Waals surface area (Å²) in [6.07, 6.45) is 8.18. The van der Waals surface area contributed by atoms with Gasteiger partial charge in [0.25, 0.3) is 17.4 Å². The van der Waals surface area contributed by atoms with Gasteiger partial charge in [0, 0.05) is 62.1 Å². The summed E-state index contributed by atoms with van der Waals surface area (Å²) >= 11 is 1.44. The van der Waals surface area contributed by atoms with E-state index in [2.05, 4.69) is 38.7 Å². The van der Waals surface area contributed by atoms with Crippen LogP contribution in [0, 0.1) is 5.92 Å². The predicted molar refractivity (Wildman–Crippen MR) is 193 cm³/mol. The maximum atomic E-state index is 13.4. The summed E-state index contributed by atoms with van der Waals surface area (Å²) in [6.45, 7) is 4.56. The van der Waals surface area contributed by atoms with E-state index in [0.717, 1.165) is 57.8 Å². The SMILES string of the molecule is COc1ccc2nc(C(F)(F)F)c(=O)[nH]c2c1.C[C@H]1/C=C\CCCCC[C@H](O[N-]OC2CC2)C(=O)N2CCCC2C(=O)NC1C(=O)NSC1(C)CC1.N.[Y]. The van der Waals surface area contributed by atoms with Crippen molar-refractivity contribution in [2.24, 2.45) is 5.92 Å². The minimum absolute atomic E-state index is 0. The van der Waals surface area contributed by atoms with Crippen LogP contribution >= 0.6 is 11.9 Å². The standard InChI is InChI=1S/C25H39N4O5S.C10H7F3N2O2.H3N.Y/c1-17-9-6-4-3-5-7-11-20(34-28-33-18-12-13-18)24(32)29-16-8-10-19(29)22(30)26-21(17)23(31)27-35-25(2)14-15-25;1-17-5-2-3-6-7(4-5)15-9(16)8(14-6)10(11,12)13;;/h6,9,17-21H,3-5,7-8,10-16H2,1-2H3,(H,26,30)(H,27,31);2-4H,1H3,(H,15,16);1H3;/q-1;;;/b9-6-;;;/t17-,19?,20-,21?;;;/m0.../s1. The first-order valence-corrected chi connectivity index (χ1v) is 18.5. The molecule has 4 aliphatic rings. The van der Waals surface area contributed by atoms with Crippen molar-refractivity contribution in [2.75, 3.05) is 13.7 Å². The Bertz CT molecular complexity index is 1680. The van der Waals surface area contributed by atoms with Gasteiger partial charge < -0.3 is 41.4 Å². The number of carbonyl (C=O) groups is 3. The van der Waals surface area contributed by atoms with Gasteiger partial charge >= 0.3 is 6.18 Å². The van der Waals surface area contributed by atoms with Crippen molar-refractivity contribution in [3.05, 3.63) is 52.0 Å². The maximum Gasteiger partial charge on any atom is 0.438 e. The molecule has 1 aromatic heterocycles. The van der Waals surface area contributed by atoms with Crippen LogP contribution in [0.3, 0.4) is 0 Å². The number of nitrogens with zero attached hydrogens (tertiary/aromatic N) is 3. The molecule has 54 heavy (non-hydrogen) atoms. The van der Waals surface area contributed by atoms with E-state index in [4.69, 9.17) is 14.4 Å². The summed E-state index contributed by atoms with van der Waals surface area (Å²) in [6, 6.07) is 2.89. The molecule has 0 spiro atoms. The molecular weight excluding hydrogens is 808 g/mol. The van der Waals surface area contributed by atoms with Gasteiger partial charge in [-0.15, -0.1) is 0 Å². The Kier molecular flexibility index (Phi) is 17.4. The molecule has 2 saturated carbocycles. The third kappa shape index (κ3) is 13.0. The van der Waals surface area contributed by atoms with Crippen LogP contribution in [0.15, 0.2) is 35.1 Å². The predicted octanol–water partition coefficient (Wildman–Crippen LogP) is 5.81. The molecule has 3 fully saturated rings. The van der Waals surface area contributed by atoms with Crippen molar-refractivity contribution in [3.63, 3.8) is 0 Å². The second kappa shape index (κ2) is 20.5. The Hall–Kier alpha value is -2.61. The normalized spacial score (nSPS) is 24.9. The quantitative estimate of drug-likeness (QED) is 0.143. The van der Waals surface area contributed by atoms with Crippen LogP contribution in [0.1, 0.15) is 90.2 Å². The van der Waals surface area contributed by atoms with E-state index in [1.54, 1.807) is 4.90 Å². The van der Waals surface area contributed by atoms with Crippen LogP contribution in [0.2, 0.25) is 0 Å². The van der Waals surface area contributed by atoms with E-state index in [1.165, 1.54) is 37.3 Å². The number of fused-ring (bicyclic) bond motifs is 2. The molecule has 19 heteroatoms. The van der Waals surface area contributed by atoms with Crippen molar-refractivity contribution in [2.45, 2.75) is 120 Å². The van der Waals surface area contributed by atoms with Gasteiger partial charge in [-0.1, -0.05) is 31.9 Å². The van der Waals surface area contributed by atoms with Gasteiger partial charge in [0.05, 0.1) is 18.1 Å². The molecule has 6 rings (SSSR count). The fourth-order valence-corrected chi connectivity index (χ4v) is 6.58. The van der Waals surface area contributed by atoms with Crippen LogP contribution in [-0.2, 0) is 62.9 Å². The van der Waals surface area contributed by atoms with E-state index in [0.29, 0.717) is 25.1 Å². The van der Waals surface area contributed by atoms with Crippen LogP contribution in [0.4, 0.5) is 13.2 Å². The number of ether oxygens (including phenoxy) is 1. The number of alkyl halides is 3. The molecule has 6 N–H and O–H groups in total. The molecule has 3 amide bonds. The molecule has 2 aliphatic carbocycles. The van der Waals surface area contributed by atoms with Crippen molar-refractivity contribution in [1.29, 1.82) is 0 Å². The maximum absolute atomic E-state index is 13.4. The third-order valence-corrected chi connectivity index (χ3v) is 10.6. The molecule has 1 saturated heterocycles. The number of hydrogen-bond donors (Lipinski definition) is 4. The average molecular weight is 858 g/mol. The number of rotatable bonds is 8. The number of nitrogens with one attached hydrogen (secondary N) is 3. The summed E-state index contributed by atoms with van der Waals surface area (Å²) in [4.78, 5) is 68.9. The van der Waals surface area contributed by atoms with E-state index >= 15 is 0 Å². The summed E-state index contributed by atoms with van der Waals surface area (Å²) in [5, 5.41) is 2.97. The zero-order valence-corrected chi connectivity index (χ0v) is 34.4. The van der Waals surface area contributed by atoms with Gasteiger partial charge in [-0.3, -0.25) is 23.9 Å². The number of aromatic nitrogens is 2. The van der Waals surface area contributed by atoms with Crippen molar-refractivity contribution < 1.29 is 74.7 Å². The Labute approximate surface area is 341 Å². The number of hydrogen-bond acceptors (Lipinski definition) is 10. The number of carbonyl (C=O) groups excluding carboxylic acids is 3. The third-order valence-electron chi connectivity index (χ3n) is 9.40. The van der Waals surface area contributed by atoms with Gasteiger partial charge in [0.1, 0.15) is 23.9 Å². The van der Waals surface area contributed by atoms with Gasteiger partial charge in [-0.2, -0.15) is 13.2 Å². The summed E-state index contributed by atoms with van der Waals surface area (Å²) in [5.74, 6) is -0.471. The summed E-state index contributed by atoms with van der Waals surface area (Å²) in [5.41, 5.74) is 1.27. The van der Waals surface area contributed by atoms with Gasteiger partial charge in [-0.05, 0) is 88.8 Å². The zero-order chi connectivity index (χ0) is 37.5. The molecule has 2 aromatic rings. The Morgan fingerprint density at radius 2 is 1.81 bits per heavy atom. The van der Waals surface area contributed by atoms with Crippen LogP contribution in [-0.4, -0.2) is 75.3 Å². The van der Waals surface area contributed by atoms with E-state index in [-0.39, 0.29) is 84.4 Å². The molecule has 0 bridgehead atoms. The average Bonchev–Trinajstić information content (AvgIpc) is 4.03.